The van der Waals surface area contributed by atoms with Crippen LogP contribution in [-0.4, -0.2) is 12.7 Å². The lowest BCUT2D eigenvalue weighted by Gasteiger charge is -2.43. The van der Waals surface area contributed by atoms with E-state index in [1.54, 1.807) is 0 Å². The first-order valence-corrected chi connectivity index (χ1v) is 5.64. The Labute approximate surface area is 94.6 Å². The van der Waals surface area contributed by atoms with Gasteiger partial charge in [0.2, 0.25) is 0 Å². The minimum Gasteiger partial charge on any atom is -0.486 e. The lowest BCUT2D eigenvalue weighted by Crippen LogP contribution is -2.48. The van der Waals surface area contributed by atoms with Crippen LogP contribution >= 0.6 is 0 Å². The van der Waals surface area contributed by atoms with E-state index in [-0.39, 0.29) is 11.5 Å². The standard InChI is InChI=1S/C13H13NO2/c14-9-13(6-3-7-13)12-8-15-10-4-1-2-5-11(10)16-12/h1-2,4-5,12H,3,6-8H2. The molecule has 3 heteroatoms. The highest BCUT2D eigenvalue weighted by Crippen LogP contribution is 2.47. The fourth-order valence-electron chi connectivity index (χ4n) is 2.36. The van der Waals surface area contributed by atoms with Crippen molar-refractivity contribution >= 4 is 0 Å². The molecule has 16 heavy (non-hydrogen) atoms. The average Bonchev–Trinajstić information content (AvgIpc) is 2.28. The molecular formula is C13H13NO2. The summed E-state index contributed by atoms with van der Waals surface area (Å²) in [5.41, 5.74) is -0.312. The Balaban J connectivity index is 1.86. The number of hydrogen-bond acceptors (Lipinski definition) is 3. The maximum Gasteiger partial charge on any atom is 0.161 e. The van der Waals surface area contributed by atoms with Gasteiger partial charge in [-0.25, -0.2) is 0 Å². The SMILES string of the molecule is N#CC1(C2COc3ccccc3O2)CCC1. The van der Waals surface area contributed by atoms with Crippen LogP contribution in [0.15, 0.2) is 24.3 Å². The molecular weight excluding hydrogens is 202 g/mol. The van der Waals surface area contributed by atoms with Gasteiger partial charge in [0.25, 0.3) is 0 Å². The lowest BCUT2D eigenvalue weighted by molar-refractivity contribution is -0.0214. The van der Waals surface area contributed by atoms with Crippen LogP contribution in [0.3, 0.4) is 0 Å². The van der Waals surface area contributed by atoms with Gasteiger partial charge < -0.3 is 9.47 Å². The number of rotatable bonds is 1. The van der Waals surface area contributed by atoms with Gasteiger partial charge in [0, 0.05) is 0 Å². The normalized spacial score (nSPS) is 25.3. The third-order valence-corrected chi connectivity index (χ3v) is 3.59. The number of hydrogen-bond donors (Lipinski definition) is 0. The van der Waals surface area contributed by atoms with Crippen molar-refractivity contribution in [2.24, 2.45) is 5.41 Å². The number of nitriles is 1. The maximum atomic E-state index is 9.25. The summed E-state index contributed by atoms with van der Waals surface area (Å²) in [6, 6.07) is 10.0. The van der Waals surface area contributed by atoms with Crippen molar-refractivity contribution in [3.63, 3.8) is 0 Å². The first-order valence-electron chi connectivity index (χ1n) is 5.64. The van der Waals surface area contributed by atoms with E-state index >= 15 is 0 Å². The summed E-state index contributed by atoms with van der Waals surface area (Å²) in [5.74, 6) is 1.55. The van der Waals surface area contributed by atoms with Crippen LogP contribution in [0.4, 0.5) is 0 Å². The van der Waals surface area contributed by atoms with Crippen LogP contribution < -0.4 is 9.47 Å². The van der Waals surface area contributed by atoms with Gasteiger partial charge in [-0.3, -0.25) is 0 Å². The molecule has 1 unspecified atom stereocenters. The second kappa shape index (κ2) is 3.41. The Morgan fingerprint density at radius 3 is 2.62 bits per heavy atom. The van der Waals surface area contributed by atoms with E-state index in [0.717, 1.165) is 30.8 Å². The van der Waals surface area contributed by atoms with E-state index in [1.165, 1.54) is 0 Å². The second-order valence-corrected chi connectivity index (χ2v) is 4.49. The zero-order chi connectivity index (χ0) is 11.0. The quantitative estimate of drug-likeness (QED) is 0.722. The van der Waals surface area contributed by atoms with Gasteiger partial charge in [-0.15, -0.1) is 0 Å². The summed E-state index contributed by atoms with van der Waals surface area (Å²) in [6.45, 7) is 0.491. The molecule has 1 heterocycles. The molecule has 3 rings (SSSR count). The van der Waals surface area contributed by atoms with Gasteiger partial charge in [-0.05, 0) is 31.4 Å². The van der Waals surface area contributed by atoms with Crippen molar-refractivity contribution in [1.82, 2.24) is 0 Å². The topological polar surface area (TPSA) is 42.2 Å². The number of nitrogens with zero attached hydrogens (tertiary/aromatic N) is 1. The summed E-state index contributed by atoms with van der Waals surface area (Å²) in [7, 11) is 0. The van der Waals surface area contributed by atoms with Crippen molar-refractivity contribution in [2.75, 3.05) is 6.61 Å². The molecule has 0 bridgehead atoms. The smallest absolute Gasteiger partial charge is 0.161 e. The molecule has 0 saturated heterocycles. The molecule has 1 aromatic carbocycles. The average molecular weight is 215 g/mol. The molecule has 0 spiro atoms. The van der Waals surface area contributed by atoms with Crippen LogP contribution in [-0.2, 0) is 0 Å². The lowest BCUT2D eigenvalue weighted by atomic mass is 9.66. The summed E-state index contributed by atoms with van der Waals surface area (Å²) in [5, 5.41) is 9.25. The van der Waals surface area contributed by atoms with Crippen molar-refractivity contribution < 1.29 is 9.47 Å². The monoisotopic (exact) mass is 215 g/mol. The highest BCUT2D eigenvalue weighted by molar-refractivity contribution is 5.41. The third-order valence-electron chi connectivity index (χ3n) is 3.59. The van der Waals surface area contributed by atoms with E-state index < -0.39 is 0 Å². The summed E-state index contributed by atoms with van der Waals surface area (Å²) < 4.78 is 11.5. The van der Waals surface area contributed by atoms with E-state index in [1.807, 2.05) is 24.3 Å². The fourth-order valence-corrected chi connectivity index (χ4v) is 2.36. The van der Waals surface area contributed by atoms with Crippen molar-refractivity contribution in [2.45, 2.75) is 25.4 Å². The molecule has 2 aliphatic rings. The molecule has 0 aromatic heterocycles. The van der Waals surface area contributed by atoms with Crippen LogP contribution in [0, 0.1) is 16.7 Å². The second-order valence-electron chi connectivity index (χ2n) is 4.49. The minimum absolute atomic E-state index is 0.110. The van der Waals surface area contributed by atoms with Crippen molar-refractivity contribution in [3.05, 3.63) is 24.3 Å². The molecule has 1 aromatic rings. The third kappa shape index (κ3) is 1.26. The van der Waals surface area contributed by atoms with Crippen molar-refractivity contribution in [3.8, 4) is 17.6 Å². The van der Waals surface area contributed by atoms with E-state index in [0.29, 0.717) is 6.61 Å². The molecule has 82 valence electrons. The van der Waals surface area contributed by atoms with Gasteiger partial charge in [0.1, 0.15) is 6.61 Å². The van der Waals surface area contributed by atoms with Gasteiger partial charge in [0.15, 0.2) is 17.6 Å². The van der Waals surface area contributed by atoms with E-state index in [9.17, 15) is 5.26 Å². The molecule has 1 saturated carbocycles. The fraction of sp³-hybridized carbons (Fsp3) is 0.462. The zero-order valence-electron chi connectivity index (χ0n) is 8.98. The Morgan fingerprint density at radius 2 is 2.00 bits per heavy atom. The largest absolute Gasteiger partial charge is 0.486 e. The highest BCUT2D eigenvalue weighted by atomic mass is 16.6. The van der Waals surface area contributed by atoms with Crippen LogP contribution in [0.2, 0.25) is 0 Å². The Bertz CT molecular complexity index is 445. The Hall–Kier alpha value is -1.69. The predicted molar refractivity (Wildman–Crippen MR) is 58.3 cm³/mol. The highest BCUT2D eigenvalue weighted by Gasteiger charge is 2.48. The molecule has 0 N–H and O–H groups in total. The van der Waals surface area contributed by atoms with E-state index in [2.05, 4.69) is 6.07 Å². The number of benzene rings is 1. The van der Waals surface area contributed by atoms with Crippen LogP contribution in [0.5, 0.6) is 11.5 Å². The molecule has 0 radical (unpaired) electrons. The summed E-state index contributed by atoms with van der Waals surface area (Å²) >= 11 is 0. The summed E-state index contributed by atoms with van der Waals surface area (Å²) in [4.78, 5) is 0. The molecule has 1 aliphatic heterocycles. The van der Waals surface area contributed by atoms with Gasteiger partial charge in [-0.1, -0.05) is 12.1 Å². The Kier molecular flexibility index (Phi) is 2.03. The molecule has 0 amide bonds. The molecule has 1 aliphatic carbocycles. The number of fused-ring (bicyclic) bond motifs is 1. The maximum absolute atomic E-state index is 9.25. The van der Waals surface area contributed by atoms with Crippen molar-refractivity contribution in [1.29, 1.82) is 5.26 Å². The minimum atomic E-state index is -0.312. The number of ether oxygens (including phenoxy) is 2. The first-order chi connectivity index (χ1) is 7.84. The van der Waals surface area contributed by atoms with E-state index in [4.69, 9.17) is 9.47 Å². The Morgan fingerprint density at radius 1 is 1.25 bits per heavy atom. The van der Waals surface area contributed by atoms with Crippen LogP contribution in [0.1, 0.15) is 19.3 Å². The molecule has 1 atom stereocenters. The van der Waals surface area contributed by atoms with Gasteiger partial charge >= 0.3 is 0 Å². The predicted octanol–water partition coefficient (Wildman–Crippen LogP) is 2.52. The molecule has 3 nitrogen and oxygen atoms in total. The van der Waals surface area contributed by atoms with Gasteiger partial charge in [-0.2, -0.15) is 5.26 Å². The van der Waals surface area contributed by atoms with Gasteiger partial charge in [0.05, 0.1) is 11.5 Å². The number of para-hydroxylation sites is 2. The van der Waals surface area contributed by atoms with Crippen LogP contribution in [0.25, 0.3) is 0 Å². The zero-order valence-corrected chi connectivity index (χ0v) is 8.98. The first kappa shape index (κ1) is 9.53. The summed E-state index contributed by atoms with van der Waals surface area (Å²) in [6.07, 6.45) is 2.87. The molecule has 1 fully saturated rings.